The highest BCUT2D eigenvalue weighted by atomic mass is 16.4. The molecule has 8 bridgehead atoms. The number of hydrogen-bond donors (Lipinski definition) is 2. The smallest absolute Gasteiger partial charge is 0.307 e. The highest BCUT2D eigenvalue weighted by molar-refractivity contribution is 5.71. The molecule has 0 amide bonds. The normalized spacial score (nSPS) is 18.7. The van der Waals surface area contributed by atoms with E-state index in [-0.39, 0.29) is 28.1 Å². The van der Waals surface area contributed by atoms with E-state index in [0.717, 1.165) is 68.9 Å². The lowest BCUT2D eigenvalue weighted by atomic mass is 9.75. The summed E-state index contributed by atoms with van der Waals surface area (Å²) >= 11 is 0. The average Bonchev–Trinajstić information content (AvgIpc) is 3.09. The molecular weight excluding hydrogens is 623 g/mol. The van der Waals surface area contributed by atoms with Crippen LogP contribution in [0.4, 0.5) is 0 Å². The molecule has 7 aliphatic carbocycles. The summed E-state index contributed by atoms with van der Waals surface area (Å²) in [5, 5.41) is 9.83. The van der Waals surface area contributed by atoms with E-state index in [2.05, 4.69) is 140 Å². The zero-order valence-electron chi connectivity index (χ0n) is 32.8. The molecule has 3 N–H and O–H groups in total. The van der Waals surface area contributed by atoms with E-state index in [0.29, 0.717) is 6.54 Å². The third-order valence-corrected chi connectivity index (χ3v) is 12.3. The zero-order chi connectivity index (χ0) is 37.0. The number of carbonyl (C=O) groups is 1. The van der Waals surface area contributed by atoms with E-state index in [1.54, 1.807) is 0 Å². The molecule has 0 aromatic heterocycles. The van der Waals surface area contributed by atoms with Crippen LogP contribution in [0.15, 0.2) is 84.9 Å². The molecule has 7 aliphatic rings. The Morgan fingerprint density at radius 3 is 1.22 bits per heavy atom. The molecule has 0 heterocycles. The van der Waals surface area contributed by atoms with E-state index < -0.39 is 5.97 Å². The third kappa shape index (κ3) is 9.60. The van der Waals surface area contributed by atoms with Crippen LogP contribution in [-0.2, 0) is 65.0 Å². The molecule has 4 aromatic carbocycles. The maximum atomic E-state index is 12.0. The van der Waals surface area contributed by atoms with E-state index in [4.69, 9.17) is 5.73 Å². The molecule has 3 heteroatoms. The third-order valence-electron chi connectivity index (χ3n) is 12.3. The van der Waals surface area contributed by atoms with Gasteiger partial charge in [0.25, 0.3) is 0 Å². The zero-order valence-corrected chi connectivity index (χ0v) is 32.8. The van der Waals surface area contributed by atoms with Gasteiger partial charge in [0.15, 0.2) is 0 Å². The van der Waals surface area contributed by atoms with Gasteiger partial charge in [0.2, 0.25) is 0 Å². The van der Waals surface area contributed by atoms with Crippen LogP contribution in [0.5, 0.6) is 0 Å². The first kappa shape index (κ1) is 38.5. The Balaban J connectivity index is 1.48. The summed E-state index contributed by atoms with van der Waals surface area (Å²) in [7, 11) is 0. The molecule has 0 radical (unpaired) electrons. The van der Waals surface area contributed by atoms with Gasteiger partial charge in [0.05, 0.1) is 6.42 Å². The van der Waals surface area contributed by atoms with Gasteiger partial charge in [-0.15, -0.1) is 0 Å². The first-order valence-corrected chi connectivity index (χ1v) is 19.3. The molecule has 0 saturated carbocycles. The molecule has 0 atom stereocenters. The average molecular weight is 686 g/mol. The Bertz CT molecular complexity index is 1790. The van der Waals surface area contributed by atoms with Crippen molar-refractivity contribution in [2.45, 2.75) is 141 Å². The van der Waals surface area contributed by atoms with Crippen LogP contribution in [0, 0.1) is 0 Å². The Labute approximate surface area is 309 Å². The summed E-state index contributed by atoms with van der Waals surface area (Å²) in [6, 6.07) is 32.4. The standard InChI is InChI=1S/C48H63NO2/c1-45(2)26-21-34-9-11-36(38(31-34)25-30-49)23-28-47(5,6)42-17-19-43(20-18-42)48(7,8)29-24-37-12-10-35(32-39(37)33-44(50)51)22-27-46(3,4)41-15-13-40(45)14-16-41/h9-20,31-32H,21-30,33,49H2,1-8H3,(H,50,51). The molecule has 0 fully saturated rings. The summed E-state index contributed by atoms with van der Waals surface area (Å²) in [6.07, 6.45) is 8.87. The van der Waals surface area contributed by atoms with E-state index >= 15 is 0 Å². The molecule has 4 aromatic rings. The van der Waals surface area contributed by atoms with Crippen LogP contribution in [0.25, 0.3) is 0 Å². The van der Waals surface area contributed by atoms with E-state index in [1.165, 1.54) is 44.5 Å². The molecule has 3 nitrogen and oxygen atoms in total. The van der Waals surface area contributed by atoms with Gasteiger partial charge >= 0.3 is 5.97 Å². The lowest BCUT2D eigenvalue weighted by Crippen LogP contribution is -2.22. The van der Waals surface area contributed by atoms with Gasteiger partial charge in [-0.2, -0.15) is 0 Å². The molecule has 11 rings (SSSR count). The van der Waals surface area contributed by atoms with Crippen molar-refractivity contribution in [2.24, 2.45) is 5.73 Å². The number of carboxylic acid groups (broad SMARTS) is 1. The minimum atomic E-state index is -0.771. The van der Waals surface area contributed by atoms with Crippen molar-refractivity contribution in [2.75, 3.05) is 6.54 Å². The summed E-state index contributed by atoms with van der Waals surface area (Å²) < 4.78 is 0. The molecule has 0 saturated heterocycles. The van der Waals surface area contributed by atoms with Crippen LogP contribution in [0.3, 0.4) is 0 Å². The van der Waals surface area contributed by atoms with Crippen molar-refractivity contribution in [3.05, 3.63) is 141 Å². The Morgan fingerprint density at radius 1 is 0.529 bits per heavy atom. The van der Waals surface area contributed by atoms with Crippen LogP contribution >= 0.6 is 0 Å². The maximum absolute atomic E-state index is 12.0. The predicted octanol–water partition coefficient (Wildman–Crippen LogP) is 10.8. The minimum absolute atomic E-state index is 0.00713. The Hall–Kier alpha value is -3.69. The number of nitrogens with two attached hydrogens (primary N) is 1. The number of rotatable bonds is 4. The topological polar surface area (TPSA) is 63.3 Å². The van der Waals surface area contributed by atoms with Gasteiger partial charge in [0, 0.05) is 0 Å². The number of aliphatic carboxylic acids is 1. The number of benzene rings is 4. The van der Waals surface area contributed by atoms with Gasteiger partial charge in [-0.25, -0.2) is 0 Å². The Kier molecular flexibility index (Phi) is 11.7. The maximum Gasteiger partial charge on any atom is 0.307 e. The Morgan fingerprint density at radius 2 is 0.863 bits per heavy atom. The fraction of sp³-hybridized carbons (Fsp3) is 0.479. The van der Waals surface area contributed by atoms with Gasteiger partial charge in [-0.3, -0.25) is 4.79 Å². The second-order valence-corrected chi connectivity index (χ2v) is 18.0. The molecule has 0 spiro atoms. The minimum Gasteiger partial charge on any atom is -0.481 e. The van der Waals surface area contributed by atoms with Crippen LogP contribution in [0.2, 0.25) is 0 Å². The van der Waals surface area contributed by atoms with Gasteiger partial charge in [-0.1, -0.05) is 140 Å². The van der Waals surface area contributed by atoms with Crippen molar-refractivity contribution in [3.63, 3.8) is 0 Å². The summed E-state index contributed by atoms with van der Waals surface area (Å²) in [6.45, 7) is 19.4. The summed E-state index contributed by atoms with van der Waals surface area (Å²) in [4.78, 5) is 12.0. The van der Waals surface area contributed by atoms with Crippen molar-refractivity contribution >= 4 is 5.97 Å². The van der Waals surface area contributed by atoms with Crippen LogP contribution < -0.4 is 5.73 Å². The number of aryl methyl sites for hydroxylation is 4. The quantitative estimate of drug-likeness (QED) is 0.225. The van der Waals surface area contributed by atoms with E-state index in [1.807, 2.05) is 0 Å². The molecule has 51 heavy (non-hydrogen) atoms. The SMILES string of the molecule is CC1(C)CCc2ccc(c(CCN)c2)CCC(C)(C)c2ccc(cc2)C(C)(C)CCc2ccc(cc2CC(=O)O)CCC(C)(C)c2ccc1cc2. The lowest BCUT2D eigenvalue weighted by molar-refractivity contribution is -0.136. The van der Waals surface area contributed by atoms with E-state index in [9.17, 15) is 9.90 Å². The van der Waals surface area contributed by atoms with Crippen molar-refractivity contribution in [1.82, 2.24) is 0 Å². The number of hydrogen-bond acceptors (Lipinski definition) is 2. The van der Waals surface area contributed by atoms with Crippen LogP contribution in [-0.4, -0.2) is 17.6 Å². The largest absolute Gasteiger partial charge is 0.481 e. The first-order chi connectivity index (χ1) is 24.0. The lowest BCUT2D eigenvalue weighted by Gasteiger charge is -2.30. The molecular formula is C48H63NO2. The summed E-state index contributed by atoms with van der Waals surface area (Å²) in [5.74, 6) is -0.771. The second-order valence-electron chi connectivity index (χ2n) is 18.0. The second kappa shape index (κ2) is 15.5. The highest BCUT2D eigenvalue weighted by Crippen LogP contribution is 2.36. The van der Waals surface area contributed by atoms with Crippen LogP contribution in [0.1, 0.15) is 137 Å². The van der Waals surface area contributed by atoms with Gasteiger partial charge in [-0.05, 0) is 142 Å². The molecule has 0 aliphatic heterocycles. The number of carboxylic acids is 1. The van der Waals surface area contributed by atoms with Crippen molar-refractivity contribution < 1.29 is 9.90 Å². The fourth-order valence-corrected chi connectivity index (χ4v) is 8.00. The van der Waals surface area contributed by atoms with Gasteiger partial charge < -0.3 is 10.8 Å². The first-order valence-electron chi connectivity index (χ1n) is 19.3. The van der Waals surface area contributed by atoms with Crippen molar-refractivity contribution in [1.29, 1.82) is 0 Å². The molecule has 0 unspecified atom stereocenters. The highest BCUT2D eigenvalue weighted by Gasteiger charge is 2.27. The monoisotopic (exact) mass is 685 g/mol. The predicted molar refractivity (Wildman–Crippen MR) is 215 cm³/mol. The van der Waals surface area contributed by atoms with Gasteiger partial charge in [0.1, 0.15) is 0 Å². The summed E-state index contributed by atoms with van der Waals surface area (Å²) in [5.41, 5.74) is 19.1. The fourth-order valence-electron chi connectivity index (χ4n) is 8.00. The van der Waals surface area contributed by atoms with Crippen molar-refractivity contribution in [3.8, 4) is 0 Å². The molecule has 272 valence electrons.